The number of ether oxygens (including phenoxy) is 3. The maximum absolute atomic E-state index is 5.51. The maximum atomic E-state index is 5.51. The summed E-state index contributed by atoms with van der Waals surface area (Å²) in [5.74, 6) is 1.71. The van der Waals surface area contributed by atoms with Crippen LogP contribution in [-0.4, -0.2) is 77.6 Å². The lowest BCUT2D eigenvalue weighted by molar-refractivity contribution is 0.0733. The van der Waals surface area contributed by atoms with Crippen LogP contribution in [-0.2, 0) is 9.47 Å². The van der Waals surface area contributed by atoms with Crippen molar-refractivity contribution in [1.29, 1.82) is 0 Å². The molecule has 2 rings (SSSR count). The maximum Gasteiger partial charge on any atom is 0.191 e. The zero-order valence-electron chi connectivity index (χ0n) is 18.0. The highest BCUT2D eigenvalue weighted by Crippen LogP contribution is 2.27. The van der Waals surface area contributed by atoms with E-state index in [4.69, 9.17) is 19.2 Å². The first-order valence-corrected chi connectivity index (χ1v) is 10.2. The molecule has 0 spiro atoms. The van der Waals surface area contributed by atoms with Crippen LogP contribution in [0.5, 0.6) is 5.75 Å². The molecule has 1 aromatic carbocycles. The van der Waals surface area contributed by atoms with Gasteiger partial charge in [0.2, 0.25) is 0 Å². The molecule has 1 aliphatic rings. The van der Waals surface area contributed by atoms with Crippen LogP contribution in [0.1, 0.15) is 31.4 Å². The lowest BCUT2D eigenvalue weighted by Gasteiger charge is -2.27. The molecule has 1 aliphatic heterocycles. The normalized spacial score (nSPS) is 15.6. The fourth-order valence-corrected chi connectivity index (χ4v) is 3.32. The van der Waals surface area contributed by atoms with Crippen molar-refractivity contribution in [3.05, 3.63) is 29.8 Å². The molecule has 0 saturated carbocycles. The number of hydrogen-bond donors (Lipinski definition) is 2. The molecule has 0 aliphatic carbocycles. The lowest BCUT2D eigenvalue weighted by atomic mass is 10.1. The van der Waals surface area contributed by atoms with E-state index in [-0.39, 0.29) is 30.0 Å². The van der Waals surface area contributed by atoms with Gasteiger partial charge < -0.3 is 24.8 Å². The number of halogens is 1. The summed E-state index contributed by atoms with van der Waals surface area (Å²) in [7, 11) is 3.38. The molecule has 1 heterocycles. The van der Waals surface area contributed by atoms with E-state index >= 15 is 0 Å². The molecule has 0 radical (unpaired) electrons. The molecule has 0 aromatic heterocycles. The topological polar surface area (TPSA) is 67.4 Å². The van der Waals surface area contributed by atoms with Crippen LogP contribution in [0.4, 0.5) is 0 Å². The zero-order chi connectivity index (χ0) is 20.0. The van der Waals surface area contributed by atoms with Crippen molar-refractivity contribution in [3.63, 3.8) is 0 Å². The molecule has 0 amide bonds. The molecule has 2 N–H and O–H groups in total. The van der Waals surface area contributed by atoms with Crippen LogP contribution in [0.3, 0.4) is 0 Å². The predicted molar refractivity (Wildman–Crippen MR) is 129 cm³/mol. The van der Waals surface area contributed by atoms with Crippen molar-refractivity contribution in [1.82, 2.24) is 15.5 Å². The van der Waals surface area contributed by atoms with E-state index in [1.54, 1.807) is 14.2 Å². The van der Waals surface area contributed by atoms with E-state index in [0.717, 1.165) is 31.3 Å². The fourth-order valence-electron chi connectivity index (χ4n) is 3.32. The van der Waals surface area contributed by atoms with Gasteiger partial charge in [-0.05, 0) is 50.6 Å². The van der Waals surface area contributed by atoms with Gasteiger partial charge in [-0.2, -0.15) is 0 Å². The van der Waals surface area contributed by atoms with Gasteiger partial charge in [-0.3, -0.25) is 9.89 Å². The zero-order valence-corrected chi connectivity index (χ0v) is 20.3. The van der Waals surface area contributed by atoms with E-state index < -0.39 is 0 Å². The van der Waals surface area contributed by atoms with E-state index in [1.165, 1.54) is 18.4 Å². The Labute approximate surface area is 192 Å². The molecule has 166 valence electrons. The van der Waals surface area contributed by atoms with E-state index in [1.807, 2.05) is 12.1 Å². The summed E-state index contributed by atoms with van der Waals surface area (Å²) in [5, 5.41) is 6.67. The van der Waals surface area contributed by atoms with Crippen LogP contribution in [0.25, 0.3) is 0 Å². The Morgan fingerprint density at radius 2 is 1.79 bits per heavy atom. The Balaban J connectivity index is 0.00000420. The summed E-state index contributed by atoms with van der Waals surface area (Å²) in [6.45, 7) is 8.45. The fraction of sp³-hybridized carbons (Fsp3) is 0.667. The Kier molecular flexibility index (Phi) is 14.0. The smallest absolute Gasteiger partial charge is 0.191 e. The monoisotopic (exact) mass is 520 g/mol. The summed E-state index contributed by atoms with van der Waals surface area (Å²) >= 11 is 0. The minimum absolute atomic E-state index is 0. The molecule has 1 unspecified atom stereocenters. The summed E-state index contributed by atoms with van der Waals surface area (Å²) in [6.07, 6.45) is 2.51. The van der Waals surface area contributed by atoms with Crippen molar-refractivity contribution in [2.45, 2.75) is 25.8 Å². The second-order valence-corrected chi connectivity index (χ2v) is 6.78. The SMILES string of the molecule is CCNC(=NCC(c1ccc(OC)cc1)N1CCCC1)NCCOCCOC.I. The predicted octanol–water partition coefficient (Wildman–Crippen LogP) is 2.67. The van der Waals surface area contributed by atoms with Crippen LogP contribution in [0.15, 0.2) is 29.3 Å². The Hall–Kier alpha value is -1.10. The van der Waals surface area contributed by atoms with Crippen molar-refractivity contribution in [2.75, 3.05) is 66.8 Å². The summed E-state index contributed by atoms with van der Waals surface area (Å²) in [5.41, 5.74) is 1.28. The standard InChI is InChI=1S/C21H36N4O3.HI/c1-4-22-21(23-11-14-28-16-15-26-2)24-17-20(25-12-5-6-13-25)18-7-9-19(27-3)10-8-18;/h7-10,20H,4-6,11-17H2,1-3H3,(H2,22,23,24);1H. The second-order valence-electron chi connectivity index (χ2n) is 6.78. The van der Waals surface area contributed by atoms with Crippen molar-refractivity contribution in [3.8, 4) is 5.75 Å². The molecule has 1 fully saturated rings. The number of nitrogens with one attached hydrogen (secondary N) is 2. The number of likely N-dealkylation sites (tertiary alicyclic amines) is 1. The number of nitrogens with zero attached hydrogens (tertiary/aromatic N) is 2. The number of rotatable bonds is 12. The lowest BCUT2D eigenvalue weighted by Crippen LogP contribution is -2.40. The van der Waals surface area contributed by atoms with Gasteiger partial charge in [0.15, 0.2) is 5.96 Å². The molecule has 0 bridgehead atoms. The van der Waals surface area contributed by atoms with Crippen molar-refractivity contribution in [2.24, 2.45) is 4.99 Å². The average molecular weight is 520 g/mol. The Morgan fingerprint density at radius 1 is 1.07 bits per heavy atom. The summed E-state index contributed by atoms with van der Waals surface area (Å²) < 4.78 is 15.8. The molecule has 1 saturated heterocycles. The number of hydrogen-bond acceptors (Lipinski definition) is 5. The van der Waals surface area contributed by atoms with E-state index in [9.17, 15) is 0 Å². The van der Waals surface area contributed by atoms with Gasteiger partial charge in [0.25, 0.3) is 0 Å². The number of aliphatic imine (C=N–C) groups is 1. The van der Waals surface area contributed by atoms with Crippen LogP contribution in [0, 0.1) is 0 Å². The van der Waals surface area contributed by atoms with Crippen LogP contribution < -0.4 is 15.4 Å². The first-order valence-electron chi connectivity index (χ1n) is 10.2. The van der Waals surface area contributed by atoms with Crippen LogP contribution >= 0.6 is 24.0 Å². The minimum Gasteiger partial charge on any atom is -0.497 e. The van der Waals surface area contributed by atoms with Crippen LogP contribution in [0.2, 0.25) is 0 Å². The second kappa shape index (κ2) is 15.7. The molecule has 1 atom stereocenters. The summed E-state index contributed by atoms with van der Waals surface area (Å²) in [6, 6.07) is 8.65. The molecule has 29 heavy (non-hydrogen) atoms. The molecular formula is C21H37IN4O3. The highest BCUT2D eigenvalue weighted by molar-refractivity contribution is 14.0. The van der Waals surface area contributed by atoms with Gasteiger partial charge in [0.1, 0.15) is 5.75 Å². The number of benzene rings is 1. The van der Waals surface area contributed by atoms with Gasteiger partial charge in [-0.25, -0.2) is 0 Å². The average Bonchev–Trinajstić information content (AvgIpc) is 3.25. The van der Waals surface area contributed by atoms with Gasteiger partial charge in [0.05, 0.1) is 39.5 Å². The largest absolute Gasteiger partial charge is 0.497 e. The van der Waals surface area contributed by atoms with Gasteiger partial charge in [-0.1, -0.05) is 12.1 Å². The highest BCUT2D eigenvalue weighted by Gasteiger charge is 2.23. The molecule has 7 nitrogen and oxygen atoms in total. The molecular weight excluding hydrogens is 483 g/mol. The third-order valence-electron chi connectivity index (χ3n) is 4.82. The molecule has 1 aromatic rings. The number of guanidine groups is 1. The van der Waals surface area contributed by atoms with Crippen molar-refractivity contribution >= 4 is 29.9 Å². The van der Waals surface area contributed by atoms with Crippen molar-refractivity contribution < 1.29 is 14.2 Å². The van der Waals surface area contributed by atoms with E-state index in [0.29, 0.717) is 32.9 Å². The molecule has 8 heteroatoms. The Morgan fingerprint density at radius 3 is 2.41 bits per heavy atom. The highest BCUT2D eigenvalue weighted by atomic mass is 127. The number of methoxy groups -OCH3 is 2. The van der Waals surface area contributed by atoms with Gasteiger partial charge in [0, 0.05) is 20.2 Å². The van der Waals surface area contributed by atoms with E-state index in [2.05, 4.69) is 34.6 Å². The third kappa shape index (κ3) is 9.50. The van der Waals surface area contributed by atoms with Gasteiger partial charge >= 0.3 is 0 Å². The Bertz CT molecular complexity index is 566. The third-order valence-corrected chi connectivity index (χ3v) is 4.82. The first-order chi connectivity index (χ1) is 13.8. The quantitative estimate of drug-likeness (QED) is 0.191. The van der Waals surface area contributed by atoms with Gasteiger partial charge in [-0.15, -0.1) is 24.0 Å². The first kappa shape index (κ1) is 25.9. The minimum atomic E-state index is 0. The summed E-state index contributed by atoms with van der Waals surface area (Å²) in [4.78, 5) is 7.38.